The van der Waals surface area contributed by atoms with Crippen LogP contribution in [0.15, 0.2) is 18.3 Å². The first-order valence-electron chi connectivity index (χ1n) is 7.67. The van der Waals surface area contributed by atoms with Gasteiger partial charge in [-0.05, 0) is 38.1 Å². The molecule has 1 saturated heterocycles. The molecule has 2 amide bonds. The van der Waals surface area contributed by atoms with Gasteiger partial charge in [0, 0.05) is 12.6 Å². The summed E-state index contributed by atoms with van der Waals surface area (Å²) in [5.41, 5.74) is -1.04. The molecule has 0 aliphatic carbocycles. The minimum absolute atomic E-state index is 0.0270. The number of halogens is 3. The van der Waals surface area contributed by atoms with Gasteiger partial charge in [0.25, 0.3) is 0 Å². The van der Waals surface area contributed by atoms with Gasteiger partial charge in [-0.25, -0.2) is 4.98 Å². The molecule has 2 rings (SSSR count). The van der Waals surface area contributed by atoms with Crippen LogP contribution in [-0.4, -0.2) is 47.4 Å². The molecule has 1 atom stereocenters. The minimum Gasteiger partial charge on any atom is -0.346 e. The summed E-state index contributed by atoms with van der Waals surface area (Å²) < 4.78 is 37.2. The fraction of sp³-hybridized carbons (Fsp3) is 0.533. The Labute approximate surface area is 137 Å². The van der Waals surface area contributed by atoms with E-state index in [1.807, 2.05) is 6.92 Å². The number of pyridine rings is 1. The van der Waals surface area contributed by atoms with E-state index >= 15 is 0 Å². The van der Waals surface area contributed by atoms with E-state index in [9.17, 15) is 22.8 Å². The molecule has 0 bridgehead atoms. The molecule has 0 radical (unpaired) electrons. The SMILES string of the molecule is CCN1CCC[C@@H]1CNC(=O)C(=O)Nc1ccc(C(F)(F)F)nc1. The quantitative estimate of drug-likeness (QED) is 0.815. The van der Waals surface area contributed by atoms with E-state index in [0.29, 0.717) is 6.54 Å². The number of hydrogen-bond acceptors (Lipinski definition) is 4. The molecular formula is C15H19F3N4O2. The van der Waals surface area contributed by atoms with Crippen molar-refractivity contribution in [3.63, 3.8) is 0 Å². The Bertz CT molecular complexity index is 589. The molecule has 132 valence electrons. The summed E-state index contributed by atoms with van der Waals surface area (Å²) >= 11 is 0. The topological polar surface area (TPSA) is 74.3 Å². The number of rotatable bonds is 4. The zero-order valence-electron chi connectivity index (χ0n) is 13.2. The van der Waals surface area contributed by atoms with Crippen LogP contribution in [0.5, 0.6) is 0 Å². The lowest BCUT2D eigenvalue weighted by atomic mass is 10.2. The van der Waals surface area contributed by atoms with Gasteiger partial charge in [-0.2, -0.15) is 13.2 Å². The molecule has 9 heteroatoms. The summed E-state index contributed by atoms with van der Waals surface area (Å²) in [5.74, 6) is -1.75. The number of hydrogen-bond donors (Lipinski definition) is 2. The minimum atomic E-state index is -4.55. The van der Waals surface area contributed by atoms with Crippen molar-refractivity contribution in [1.29, 1.82) is 0 Å². The number of alkyl halides is 3. The fourth-order valence-electron chi connectivity index (χ4n) is 2.66. The van der Waals surface area contributed by atoms with E-state index in [0.717, 1.165) is 44.3 Å². The van der Waals surface area contributed by atoms with Crippen LogP contribution in [0, 0.1) is 0 Å². The molecule has 0 spiro atoms. The Morgan fingerprint density at radius 2 is 2.08 bits per heavy atom. The molecule has 0 aromatic carbocycles. The molecule has 1 aromatic heterocycles. The van der Waals surface area contributed by atoms with Crippen molar-refractivity contribution >= 4 is 17.5 Å². The molecule has 1 aromatic rings. The Kier molecular flexibility index (Phi) is 5.76. The number of likely N-dealkylation sites (N-methyl/N-ethyl adjacent to an activating group) is 1. The normalized spacial score (nSPS) is 18.4. The highest BCUT2D eigenvalue weighted by Crippen LogP contribution is 2.27. The second-order valence-corrected chi connectivity index (χ2v) is 5.52. The van der Waals surface area contributed by atoms with Crippen LogP contribution in [0.3, 0.4) is 0 Å². The van der Waals surface area contributed by atoms with Crippen LogP contribution in [0.1, 0.15) is 25.5 Å². The van der Waals surface area contributed by atoms with Gasteiger partial charge in [0.1, 0.15) is 5.69 Å². The lowest BCUT2D eigenvalue weighted by molar-refractivity contribution is -0.141. The lowest BCUT2D eigenvalue weighted by Gasteiger charge is -2.22. The highest BCUT2D eigenvalue weighted by Gasteiger charge is 2.32. The monoisotopic (exact) mass is 344 g/mol. The van der Waals surface area contributed by atoms with Crippen molar-refractivity contribution < 1.29 is 22.8 Å². The summed E-state index contributed by atoms with van der Waals surface area (Å²) in [6, 6.07) is 2.00. The molecule has 1 fully saturated rings. The van der Waals surface area contributed by atoms with Gasteiger partial charge in [0.15, 0.2) is 0 Å². The molecule has 6 nitrogen and oxygen atoms in total. The van der Waals surface area contributed by atoms with Gasteiger partial charge < -0.3 is 10.6 Å². The smallest absolute Gasteiger partial charge is 0.346 e. The van der Waals surface area contributed by atoms with E-state index in [4.69, 9.17) is 0 Å². The zero-order valence-corrected chi connectivity index (χ0v) is 13.2. The van der Waals surface area contributed by atoms with Crippen LogP contribution in [0.25, 0.3) is 0 Å². The van der Waals surface area contributed by atoms with Crippen LogP contribution in [-0.2, 0) is 15.8 Å². The fourth-order valence-corrected chi connectivity index (χ4v) is 2.66. The van der Waals surface area contributed by atoms with E-state index in [2.05, 4.69) is 20.5 Å². The van der Waals surface area contributed by atoms with Gasteiger partial charge in [-0.3, -0.25) is 14.5 Å². The van der Waals surface area contributed by atoms with E-state index in [1.54, 1.807) is 0 Å². The molecule has 0 saturated carbocycles. The first-order valence-corrected chi connectivity index (χ1v) is 7.67. The van der Waals surface area contributed by atoms with Gasteiger partial charge >= 0.3 is 18.0 Å². The van der Waals surface area contributed by atoms with Crippen LogP contribution < -0.4 is 10.6 Å². The van der Waals surface area contributed by atoms with Crippen molar-refractivity contribution in [1.82, 2.24) is 15.2 Å². The van der Waals surface area contributed by atoms with Gasteiger partial charge in [-0.1, -0.05) is 6.92 Å². The average molecular weight is 344 g/mol. The molecule has 2 N–H and O–H groups in total. The summed E-state index contributed by atoms with van der Waals surface area (Å²) in [4.78, 5) is 29.0. The Morgan fingerprint density at radius 1 is 1.33 bits per heavy atom. The number of aromatic nitrogens is 1. The maximum atomic E-state index is 12.4. The summed E-state index contributed by atoms with van der Waals surface area (Å²) in [6.45, 7) is 4.25. The average Bonchev–Trinajstić information content (AvgIpc) is 2.99. The van der Waals surface area contributed by atoms with E-state index < -0.39 is 23.7 Å². The van der Waals surface area contributed by atoms with Crippen molar-refractivity contribution in [2.24, 2.45) is 0 Å². The first-order chi connectivity index (χ1) is 11.3. The Hall–Kier alpha value is -2.16. The summed E-state index contributed by atoms with van der Waals surface area (Å²) in [7, 11) is 0. The van der Waals surface area contributed by atoms with Gasteiger partial charge in [-0.15, -0.1) is 0 Å². The number of anilines is 1. The van der Waals surface area contributed by atoms with Gasteiger partial charge in [0.05, 0.1) is 11.9 Å². The second-order valence-electron chi connectivity index (χ2n) is 5.52. The highest BCUT2D eigenvalue weighted by atomic mass is 19.4. The largest absolute Gasteiger partial charge is 0.433 e. The molecule has 1 aliphatic heterocycles. The highest BCUT2D eigenvalue weighted by molar-refractivity contribution is 6.39. The molecule has 0 unspecified atom stereocenters. The predicted molar refractivity (Wildman–Crippen MR) is 81.1 cm³/mol. The molecule has 2 heterocycles. The van der Waals surface area contributed by atoms with E-state index in [1.165, 1.54) is 0 Å². The van der Waals surface area contributed by atoms with Crippen molar-refractivity contribution in [3.05, 3.63) is 24.0 Å². The van der Waals surface area contributed by atoms with Crippen LogP contribution >= 0.6 is 0 Å². The number of carbonyl (C=O) groups excluding carboxylic acids is 2. The number of likely N-dealkylation sites (tertiary alicyclic amines) is 1. The third kappa shape index (κ3) is 4.67. The van der Waals surface area contributed by atoms with E-state index in [-0.39, 0.29) is 11.7 Å². The second kappa shape index (κ2) is 7.61. The number of amides is 2. The first kappa shape index (κ1) is 18.2. The van der Waals surface area contributed by atoms with Crippen molar-refractivity contribution in [3.8, 4) is 0 Å². The lowest BCUT2D eigenvalue weighted by Crippen LogP contribution is -2.43. The van der Waals surface area contributed by atoms with Crippen molar-refractivity contribution in [2.45, 2.75) is 32.0 Å². The summed E-state index contributed by atoms with van der Waals surface area (Å²) in [6.07, 6.45) is -1.67. The number of carbonyl (C=O) groups is 2. The van der Waals surface area contributed by atoms with Gasteiger partial charge in [0.2, 0.25) is 0 Å². The maximum absolute atomic E-state index is 12.4. The Balaban J connectivity index is 1.84. The zero-order chi connectivity index (χ0) is 17.7. The molecular weight excluding hydrogens is 325 g/mol. The Morgan fingerprint density at radius 3 is 2.67 bits per heavy atom. The number of nitrogens with one attached hydrogen (secondary N) is 2. The summed E-state index contributed by atoms with van der Waals surface area (Å²) in [5, 5.41) is 4.78. The third-order valence-electron chi connectivity index (χ3n) is 3.92. The van der Waals surface area contributed by atoms with Crippen LogP contribution in [0.2, 0.25) is 0 Å². The van der Waals surface area contributed by atoms with Crippen LogP contribution in [0.4, 0.5) is 18.9 Å². The standard InChI is InChI=1S/C15H19F3N4O2/c1-2-22-7-3-4-11(22)9-20-13(23)14(24)21-10-5-6-12(19-8-10)15(16,17)18/h5-6,8,11H,2-4,7,9H2,1H3,(H,20,23)(H,21,24)/t11-/m1/s1. The third-order valence-corrected chi connectivity index (χ3v) is 3.92. The number of nitrogens with zero attached hydrogens (tertiary/aromatic N) is 2. The van der Waals surface area contributed by atoms with Crippen molar-refractivity contribution in [2.75, 3.05) is 25.0 Å². The predicted octanol–water partition coefficient (Wildman–Crippen LogP) is 1.64. The molecule has 24 heavy (non-hydrogen) atoms. The maximum Gasteiger partial charge on any atom is 0.433 e. The molecule has 1 aliphatic rings.